The molecule has 1 heterocycles. The van der Waals surface area contributed by atoms with E-state index in [9.17, 15) is 9.59 Å². The minimum Gasteiger partial charge on any atom is -0.465 e. The van der Waals surface area contributed by atoms with E-state index in [0.29, 0.717) is 22.9 Å². The monoisotopic (exact) mass is 403 g/mol. The van der Waals surface area contributed by atoms with E-state index in [1.807, 2.05) is 18.2 Å². The second kappa shape index (κ2) is 9.42. The Labute approximate surface area is 168 Å². The number of hydrogen-bond donors (Lipinski definition) is 1. The molecule has 0 spiro atoms. The van der Waals surface area contributed by atoms with Crippen LogP contribution in [0.4, 0.5) is 5.00 Å². The van der Waals surface area contributed by atoms with Gasteiger partial charge in [-0.15, -0.1) is 23.1 Å². The van der Waals surface area contributed by atoms with Crippen LogP contribution in [-0.4, -0.2) is 24.7 Å². The van der Waals surface area contributed by atoms with Gasteiger partial charge in [0.1, 0.15) is 5.00 Å². The fraction of sp³-hybridized carbons (Fsp3) is 0.429. The van der Waals surface area contributed by atoms with Gasteiger partial charge in [-0.25, -0.2) is 4.79 Å². The van der Waals surface area contributed by atoms with Crippen molar-refractivity contribution < 1.29 is 14.3 Å². The van der Waals surface area contributed by atoms with Gasteiger partial charge >= 0.3 is 5.97 Å². The molecule has 4 nitrogen and oxygen atoms in total. The number of amides is 1. The zero-order valence-corrected chi connectivity index (χ0v) is 17.4. The highest BCUT2D eigenvalue weighted by Gasteiger charge is 2.28. The van der Waals surface area contributed by atoms with Gasteiger partial charge in [-0.05, 0) is 55.1 Å². The first-order valence-electron chi connectivity index (χ1n) is 9.29. The molecule has 0 saturated heterocycles. The van der Waals surface area contributed by atoms with Crippen LogP contribution >= 0.6 is 23.1 Å². The van der Waals surface area contributed by atoms with Crippen LogP contribution in [-0.2, 0) is 22.4 Å². The number of anilines is 1. The van der Waals surface area contributed by atoms with Crippen molar-refractivity contribution in [2.24, 2.45) is 5.92 Å². The van der Waals surface area contributed by atoms with E-state index in [4.69, 9.17) is 4.74 Å². The first-order chi connectivity index (χ1) is 13.1. The summed E-state index contributed by atoms with van der Waals surface area (Å²) in [6.07, 6.45) is 4.15. The van der Waals surface area contributed by atoms with Crippen molar-refractivity contribution in [1.82, 2.24) is 0 Å². The van der Waals surface area contributed by atoms with Gasteiger partial charge in [-0.1, -0.05) is 25.1 Å². The summed E-state index contributed by atoms with van der Waals surface area (Å²) < 4.78 is 4.97. The van der Waals surface area contributed by atoms with Crippen LogP contribution in [0.3, 0.4) is 0 Å². The predicted octanol–water partition coefficient (Wildman–Crippen LogP) is 5.17. The smallest absolute Gasteiger partial charge is 0.341 e. The fourth-order valence-corrected chi connectivity index (χ4v) is 5.57. The fourth-order valence-electron chi connectivity index (χ4n) is 3.29. The second-order valence-electron chi connectivity index (χ2n) is 6.86. The van der Waals surface area contributed by atoms with Crippen LogP contribution in [0, 0.1) is 5.92 Å². The molecule has 1 aromatic heterocycles. The van der Waals surface area contributed by atoms with Gasteiger partial charge in [0.25, 0.3) is 0 Å². The Kier molecular flexibility index (Phi) is 6.96. The van der Waals surface area contributed by atoms with Crippen LogP contribution in [0.2, 0.25) is 0 Å². The van der Waals surface area contributed by atoms with E-state index >= 15 is 0 Å². The maximum Gasteiger partial charge on any atom is 0.341 e. The van der Waals surface area contributed by atoms with Crippen molar-refractivity contribution in [2.45, 2.75) is 43.9 Å². The largest absolute Gasteiger partial charge is 0.465 e. The third-order valence-corrected chi connectivity index (χ3v) is 6.98. The molecule has 0 radical (unpaired) electrons. The van der Waals surface area contributed by atoms with Crippen molar-refractivity contribution in [1.29, 1.82) is 0 Å². The number of rotatable bonds is 7. The average molecular weight is 404 g/mol. The van der Waals surface area contributed by atoms with E-state index in [1.165, 1.54) is 28.2 Å². The molecule has 1 aliphatic rings. The van der Waals surface area contributed by atoms with Gasteiger partial charge in [-0.3, -0.25) is 4.79 Å². The first kappa shape index (κ1) is 20.0. The number of thioether (sulfide) groups is 1. The lowest BCUT2D eigenvalue weighted by atomic mass is 9.88. The van der Waals surface area contributed by atoms with Crippen molar-refractivity contribution >= 4 is 40.0 Å². The Bertz CT molecular complexity index is 801. The number of carbonyl (C=O) groups excluding carboxylic acids is 2. The Balaban J connectivity index is 1.59. The number of nitrogens with one attached hydrogen (secondary N) is 1. The van der Waals surface area contributed by atoms with Gasteiger partial charge in [-0.2, -0.15) is 0 Å². The summed E-state index contributed by atoms with van der Waals surface area (Å²) in [6, 6.07) is 10.2. The SMILES string of the molecule is COC(=O)c1c(NC(=O)CCCSc2ccccc2)sc2c1CCC(C)C2. The lowest BCUT2D eigenvalue weighted by molar-refractivity contribution is -0.116. The van der Waals surface area contributed by atoms with E-state index in [0.717, 1.165) is 37.0 Å². The minimum absolute atomic E-state index is 0.0412. The van der Waals surface area contributed by atoms with Crippen molar-refractivity contribution in [3.05, 3.63) is 46.3 Å². The average Bonchev–Trinajstić information content (AvgIpc) is 3.02. The van der Waals surface area contributed by atoms with Crippen LogP contribution in [0.5, 0.6) is 0 Å². The molecule has 0 fully saturated rings. The maximum absolute atomic E-state index is 12.4. The first-order valence-corrected chi connectivity index (χ1v) is 11.1. The molecule has 0 aliphatic heterocycles. The highest BCUT2D eigenvalue weighted by molar-refractivity contribution is 7.99. The predicted molar refractivity (Wildman–Crippen MR) is 112 cm³/mol. The molecule has 6 heteroatoms. The molecule has 144 valence electrons. The van der Waals surface area contributed by atoms with Crippen LogP contribution < -0.4 is 5.32 Å². The lowest BCUT2D eigenvalue weighted by Crippen LogP contribution is -2.15. The van der Waals surface area contributed by atoms with Crippen molar-refractivity contribution in [3.8, 4) is 0 Å². The number of ether oxygens (including phenoxy) is 1. The summed E-state index contributed by atoms with van der Waals surface area (Å²) in [7, 11) is 1.39. The molecule has 1 unspecified atom stereocenters. The molecule has 1 atom stereocenters. The van der Waals surface area contributed by atoms with Crippen molar-refractivity contribution in [3.63, 3.8) is 0 Å². The van der Waals surface area contributed by atoms with Gasteiger partial charge in [0.05, 0.1) is 12.7 Å². The van der Waals surface area contributed by atoms with E-state index in [-0.39, 0.29) is 11.9 Å². The molecule has 1 N–H and O–H groups in total. The van der Waals surface area contributed by atoms with Crippen LogP contribution in [0.1, 0.15) is 47.0 Å². The quantitative estimate of drug-likeness (QED) is 0.394. The van der Waals surface area contributed by atoms with Gasteiger partial charge in [0, 0.05) is 16.2 Å². The standard InChI is InChI=1S/C21H25NO3S2/c1-14-10-11-16-17(13-14)27-20(19(16)21(24)25-2)22-18(23)9-6-12-26-15-7-4-3-5-8-15/h3-5,7-8,14H,6,9-13H2,1-2H3,(H,22,23). The molecule has 2 aromatic rings. The lowest BCUT2D eigenvalue weighted by Gasteiger charge is -2.18. The summed E-state index contributed by atoms with van der Waals surface area (Å²) in [6.45, 7) is 2.23. The van der Waals surface area contributed by atoms with Crippen molar-refractivity contribution in [2.75, 3.05) is 18.2 Å². The number of benzene rings is 1. The number of carbonyl (C=O) groups is 2. The summed E-state index contributed by atoms with van der Waals surface area (Å²) in [4.78, 5) is 27.1. The topological polar surface area (TPSA) is 55.4 Å². The Morgan fingerprint density at radius 2 is 2.07 bits per heavy atom. The number of thiophene rings is 1. The molecule has 0 saturated carbocycles. The van der Waals surface area contributed by atoms with E-state index < -0.39 is 0 Å². The molecule has 3 rings (SSSR count). The Hall–Kier alpha value is -1.79. The highest BCUT2D eigenvalue weighted by atomic mass is 32.2. The number of fused-ring (bicyclic) bond motifs is 1. The normalized spacial score (nSPS) is 15.9. The zero-order valence-electron chi connectivity index (χ0n) is 15.7. The molecular formula is C21H25NO3S2. The maximum atomic E-state index is 12.4. The van der Waals surface area contributed by atoms with Crippen LogP contribution in [0.15, 0.2) is 35.2 Å². The van der Waals surface area contributed by atoms with Gasteiger partial charge < -0.3 is 10.1 Å². The number of methoxy groups -OCH3 is 1. The second-order valence-corrected chi connectivity index (χ2v) is 9.13. The summed E-state index contributed by atoms with van der Waals surface area (Å²) in [5, 5.41) is 3.62. The van der Waals surface area contributed by atoms with E-state index in [2.05, 4.69) is 24.4 Å². The molecule has 1 aromatic carbocycles. The molecular weight excluding hydrogens is 378 g/mol. The van der Waals surface area contributed by atoms with Crippen LogP contribution in [0.25, 0.3) is 0 Å². The summed E-state index contributed by atoms with van der Waals surface area (Å²) in [5.41, 5.74) is 1.64. The number of esters is 1. The zero-order chi connectivity index (χ0) is 19.2. The number of hydrogen-bond acceptors (Lipinski definition) is 5. The molecule has 1 amide bonds. The Morgan fingerprint density at radius 3 is 2.81 bits per heavy atom. The Morgan fingerprint density at radius 1 is 1.30 bits per heavy atom. The molecule has 27 heavy (non-hydrogen) atoms. The highest BCUT2D eigenvalue weighted by Crippen LogP contribution is 2.40. The summed E-state index contributed by atoms with van der Waals surface area (Å²) in [5.74, 6) is 1.11. The molecule has 1 aliphatic carbocycles. The van der Waals surface area contributed by atoms with E-state index in [1.54, 1.807) is 11.8 Å². The third kappa shape index (κ3) is 5.14. The minimum atomic E-state index is -0.350. The summed E-state index contributed by atoms with van der Waals surface area (Å²) >= 11 is 3.29. The van der Waals surface area contributed by atoms with Gasteiger partial charge in [0.15, 0.2) is 0 Å². The third-order valence-electron chi connectivity index (χ3n) is 4.71. The molecule has 0 bridgehead atoms. The van der Waals surface area contributed by atoms with Gasteiger partial charge in [0.2, 0.25) is 5.91 Å².